The van der Waals surface area contributed by atoms with Crippen LogP contribution in [0.5, 0.6) is 0 Å². The second-order valence-electron chi connectivity index (χ2n) is 5.49. The van der Waals surface area contributed by atoms with Crippen LogP contribution < -0.4 is 18.9 Å². The Morgan fingerprint density at radius 2 is 2.40 bits per heavy atom. The average molecular weight is 263 g/mol. The quantitative estimate of drug-likeness (QED) is 0.586. The fourth-order valence-electron chi connectivity index (χ4n) is 2.96. The molecule has 0 radical (unpaired) electrons. The summed E-state index contributed by atoms with van der Waals surface area (Å²) in [6, 6.07) is 3.75. The molecule has 0 spiro atoms. The predicted molar refractivity (Wildman–Crippen MR) is 74.6 cm³/mol. The molecule has 1 fully saturated rings. The summed E-state index contributed by atoms with van der Waals surface area (Å²) in [4.78, 5) is 20.8. The SMILES string of the molecule is C[C@H]1CCCN(Cc2cc([C-]=O)nc3cc[nH]c23)C1.[Li+]. The van der Waals surface area contributed by atoms with Gasteiger partial charge in [-0.15, -0.1) is 0 Å². The van der Waals surface area contributed by atoms with Gasteiger partial charge in [0.05, 0.1) is 11.0 Å². The second kappa shape index (κ2) is 6.58. The molecule has 1 aliphatic rings. The molecule has 1 atom stereocenters. The first-order valence-corrected chi connectivity index (χ1v) is 6.84. The second-order valence-corrected chi connectivity index (χ2v) is 5.49. The summed E-state index contributed by atoms with van der Waals surface area (Å²) in [6.45, 7) is 5.44. The fraction of sp³-hybridized carbons (Fsp3) is 0.467. The van der Waals surface area contributed by atoms with Gasteiger partial charge in [-0.1, -0.05) is 18.2 Å². The first-order valence-electron chi connectivity index (χ1n) is 6.84. The number of H-pyrrole nitrogens is 1. The number of nitrogens with one attached hydrogen (secondary N) is 1. The van der Waals surface area contributed by atoms with Crippen LogP contribution in [0.4, 0.5) is 0 Å². The number of carbonyl (C=O) groups excluding carboxylic acids is 1. The number of nitrogens with zero attached hydrogens (tertiary/aromatic N) is 2. The Morgan fingerprint density at radius 3 is 3.15 bits per heavy atom. The van der Waals surface area contributed by atoms with E-state index in [9.17, 15) is 4.79 Å². The van der Waals surface area contributed by atoms with Gasteiger partial charge in [0.2, 0.25) is 0 Å². The molecule has 0 aliphatic carbocycles. The Hall–Kier alpha value is -1.08. The summed E-state index contributed by atoms with van der Waals surface area (Å²) >= 11 is 0. The molecule has 0 saturated carbocycles. The summed E-state index contributed by atoms with van der Waals surface area (Å²) in [6.07, 6.45) is 6.35. The third kappa shape index (κ3) is 3.14. The van der Waals surface area contributed by atoms with E-state index in [1.54, 1.807) is 0 Å². The van der Waals surface area contributed by atoms with Crippen LogP contribution in [-0.2, 0) is 11.3 Å². The van der Waals surface area contributed by atoms with Crippen LogP contribution in [0.3, 0.4) is 0 Å². The van der Waals surface area contributed by atoms with Crippen LogP contribution in [0.15, 0.2) is 18.3 Å². The zero-order chi connectivity index (χ0) is 13.2. The van der Waals surface area contributed by atoms with E-state index in [1.807, 2.05) is 24.6 Å². The standard InChI is InChI=1S/C15H18N3O.Li/c1-11-3-2-6-18(8-11)9-12-7-13(10-19)17-14-4-5-16-15(12)14;/h4-5,7,11,16H,2-3,6,8-9H2,1H3;/q-1;+1/t11-;/m0./s1. The van der Waals surface area contributed by atoms with Crippen molar-refractivity contribution in [1.29, 1.82) is 0 Å². The Bertz CT molecular complexity index is 596. The largest absolute Gasteiger partial charge is 1.00 e. The van der Waals surface area contributed by atoms with Crippen molar-refractivity contribution >= 4 is 17.3 Å². The molecule has 0 amide bonds. The average Bonchev–Trinajstić information content (AvgIpc) is 2.87. The van der Waals surface area contributed by atoms with Crippen molar-refractivity contribution in [1.82, 2.24) is 14.9 Å². The predicted octanol–water partition coefficient (Wildman–Crippen LogP) is -0.743. The Morgan fingerprint density at radius 1 is 1.55 bits per heavy atom. The van der Waals surface area contributed by atoms with Crippen LogP contribution in [0.25, 0.3) is 11.0 Å². The molecule has 2 aromatic heterocycles. The molecular weight excluding hydrogens is 245 g/mol. The number of rotatable bonds is 3. The van der Waals surface area contributed by atoms with Gasteiger partial charge < -0.3 is 14.7 Å². The minimum Gasteiger partial charge on any atom is -0.417 e. The molecule has 3 rings (SSSR count). The third-order valence-electron chi connectivity index (χ3n) is 3.84. The van der Waals surface area contributed by atoms with Crippen LogP contribution in [0.1, 0.15) is 31.0 Å². The van der Waals surface area contributed by atoms with Gasteiger partial charge in [0.25, 0.3) is 0 Å². The summed E-state index contributed by atoms with van der Waals surface area (Å²) in [5, 5.41) is 0. The number of hydrogen-bond donors (Lipinski definition) is 1. The molecule has 0 aromatic carbocycles. The fourth-order valence-corrected chi connectivity index (χ4v) is 2.96. The molecule has 1 saturated heterocycles. The van der Waals surface area contributed by atoms with Crippen molar-refractivity contribution < 1.29 is 23.7 Å². The van der Waals surface area contributed by atoms with Crippen molar-refractivity contribution in [2.75, 3.05) is 13.1 Å². The minimum absolute atomic E-state index is 0. The van der Waals surface area contributed by atoms with Gasteiger partial charge in [-0.2, -0.15) is 6.07 Å². The van der Waals surface area contributed by atoms with Crippen molar-refractivity contribution in [2.45, 2.75) is 26.3 Å². The Kier molecular flexibility index (Phi) is 5.04. The molecule has 1 N–H and O–H groups in total. The summed E-state index contributed by atoms with van der Waals surface area (Å²) in [7, 11) is 0. The zero-order valence-corrected chi connectivity index (χ0v) is 12.1. The van der Waals surface area contributed by atoms with Crippen LogP contribution in [0.2, 0.25) is 0 Å². The summed E-state index contributed by atoms with van der Waals surface area (Å²) in [5.74, 6) is 0.756. The number of likely N-dealkylation sites (tertiary alicyclic amines) is 1. The van der Waals surface area contributed by atoms with Crippen LogP contribution in [-0.4, -0.2) is 34.2 Å². The molecule has 1 aliphatic heterocycles. The first-order chi connectivity index (χ1) is 9.26. The van der Waals surface area contributed by atoms with E-state index in [-0.39, 0.29) is 18.9 Å². The van der Waals surface area contributed by atoms with Crippen molar-refractivity contribution in [3.63, 3.8) is 0 Å². The van der Waals surface area contributed by atoms with E-state index in [1.165, 1.54) is 12.8 Å². The third-order valence-corrected chi connectivity index (χ3v) is 3.84. The van der Waals surface area contributed by atoms with Gasteiger partial charge in [-0.05, 0) is 31.4 Å². The van der Waals surface area contributed by atoms with E-state index >= 15 is 0 Å². The van der Waals surface area contributed by atoms with Crippen molar-refractivity contribution in [3.8, 4) is 0 Å². The maximum absolute atomic E-state index is 10.9. The van der Waals surface area contributed by atoms with Gasteiger partial charge in [-0.25, -0.2) is 0 Å². The zero-order valence-electron chi connectivity index (χ0n) is 12.1. The molecule has 20 heavy (non-hydrogen) atoms. The molecular formula is C15H18LiN3O. The molecule has 3 heterocycles. The number of piperidine rings is 1. The molecule has 4 nitrogen and oxygen atoms in total. The van der Waals surface area contributed by atoms with Gasteiger partial charge in [0.1, 0.15) is 0 Å². The van der Waals surface area contributed by atoms with Gasteiger partial charge in [-0.3, -0.25) is 4.98 Å². The van der Waals surface area contributed by atoms with E-state index in [0.29, 0.717) is 5.69 Å². The number of aromatic amines is 1. The number of fused-ring (bicyclic) bond motifs is 1. The smallest absolute Gasteiger partial charge is 0.417 e. The summed E-state index contributed by atoms with van der Waals surface area (Å²) < 4.78 is 0. The molecule has 0 unspecified atom stereocenters. The Labute approximate surface area is 131 Å². The van der Waals surface area contributed by atoms with E-state index < -0.39 is 0 Å². The molecule has 5 heteroatoms. The maximum atomic E-state index is 10.9. The first kappa shape index (κ1) is 15.3. The Balaban J connectivity index is 0.00000147. The number of aromatic nitrogens is 2. The van der Waals surface area contributed by atoms with Gasteiger partial charge in [0.15, 0.2) is 0 Å². The maximum Gasteiger partial charge on any atom is 1.00 e. The minimum atomic E-state index is 0. The molecule has 100 valence electrons. The normalized spacial score (nSPS) is 19.8. The monoisotopic (exact) mass is 263 g/mol. The van der Waals surface area contributed by atoms with Crippen LogP contribution >= 0.6 is 0 Å². The van der Waals surface area contributed by atoms with E-state index in [2.05, 4.69) is 21.8 Å². The number of hydrogen-bond acceptors (Lipinski definition) is 3. The van der Waals surface area contributed by atoms with E-state index in [4.69, 9.17) is 0 Å². The molecule has 0 bridgehead atoms. The molecule has 2 aromatic rings. The topological polar surface area (TPSA) is 49.0 Å². The van der Waals surface area contributed by atoms with Gasteiger partial charge in [0, 0.05) is 25.6 Å². The van der Waals surface area contributed by atoms with Crippen molar-refractivity contribution in [3.05, 3.63) is 29.6 Å². The van der Waals surface area contributed by atoms with Crippen LogP contribution in [0, 0.1) is 5.92 Å². The van der Waals surface area contributed by atoms with Gasteiger partial charge >= 0.3 is 18.9 Å². The van der Waals surface area contributed by atoms with Crippen molar-refractivity contribution in [2.24, 2.45) is 5.92 Å². The number of pyridine rings is 1. The van der Waals surface area contributed by atoms with E-state index in [0.717, 1.165) is 42.1 Å². The summed E-state index contributed by atoms with van der Waals surface area (Å²) in [5.41, 5.74) is 3.42.